The summed E-state index contributed by atoms with van der Waals surface area (Å²) in [5, 5.41) is 0. The zero-order valence-electron chi connectivity index (χ0n) is 11.2. The lowest BCUT2D eigenvalue weighted by Gasteiger charge is -2.39. The highest BCUT2D eigenvalue weighted by Crippen LogP contribution is 2.29. The molecule has 1 aliphatic rings. The number of hydrogen-bond donors (Lipinski definition) is 1. The van der Waals surface area contributed by atoms with Crippen LogP contribution in [0.1, 0.15) is 24.0 Å². The second kappa shape index (κ2) is 5.30. The van der Waals surface area contributed by atoms with Crippen LogP contribution >= 0.6 is 0 Å². The molecule has 0 radical (unpaired) electrons. The number of hydrogen-bond acceptors (Lipinski definition) is 4. The summed E-state index contributed by atoms with van der Waals surface area (Å²) >= 11 is 0. The molecule has 1 aromatic carbocycles. The van der Waals surface area contributed by atoms with Crippen LogP contribution in [0.5, 0.6) is 0 Å². The first kappa shape index (κ1) is 13.4. The first-order valence-electron chi connectivity index (χ1n) is 6.22. The Kier molecular flexibility index (Phi) is 3.74. The van der Waals surface area contributed by atoms with Gasteiger partial charge in [-0.05, 0) is 17.2 Å². The molecule has 1 fully saturated rings. The lowest BCUT2D eigenvalue weighted by molar-refractivity contribution is -0.139. The molecule has 19 heavy (non-hydrogen) atoms. The number of anilines is 1. The van der Waals surface area contributed by atoms with Crippen molar-refractivity contribution in [3.8, 4) is 0 Å². The topological polar surface area (TPSA) is 72.6 Å². The quantitative estimate of drug-likeness (QED) is 0.649. The highest BCUT2D eigenvalue weighted by molar-refractivity contribution is 5.75. The predicted octanol–water partition coefficient (Wildman–Crippen LogP) is 0.930. The molecule has 0 aromatic heterocycles. The zero-order valence-corrected chi connectivity index (χ0v) is 11.2. The van der Waals surface area contributed by atoms with Gasteiger partial charge in [0.1, 0.15) is 0 Å². The van der Waals surface area contributed by atoms with E-state index in [2.05, 4.69) is 4.74 Å². The van der Waals surface area contributed by atoms with Gasteiger partial charge in [-0.2, -0.15) is 0 Å². The molecule has 1 aromatic rings. The fourth-order valence-corrected chi connectivity index (χ4v) is 2.20. The maximum Gasteiger partial charge on any atom is 0.310 e. The first-order chi connectivity index (χ1) is 9.01. The Morgan fingerprint density at radius 2 is 2.11 bits per heavy atom. The molecule has 0 aliphatic carbocycles. The van der Waals surface area contributed by atoms with E-state index in [4.69, 9.17) is 5.73 Å². The molecule has 1 heterocycles. The van der Waals surface area contributed by atoms with E-state index in [9.17, 15) is 9.59 Å². The molecule has 5 heteroatoms. The Labute approximate surface area is 112 Å². The van der Waals surface area contributed by atoms with Gasteiger partial charge in [0.05, 0.1) is 13.5 Å². The number of esters is 1. The van der Waals surface area contributed by atoms with Crippen molar-refractivity contribution in [3.05, 3.63) is 29.3 Å². The first-order valence-corrected chi connectivity index (χ1v) is 6.22. The largest absolute Gasteiger partial charge is 0.469 e. The fourth-order valence-electron chi connectivity index (χ4n) is 2.20. The number of carbonyl (C=O) groups is 2. The summed E-state index contributed by atoms with van der Waals surface area (Å²) in [7, 11) is 1.36. The van der Waals surface area contributed by atoms with Crippen LogP contribution in [-0.2, 0) is 20.7 Å². The van der Waals surface area contributed by atoms with Crippen LogP contribution in [0.25, 0.3) is 0 Å². The fraction of sp³-hybridized carbons (Fsp3) is 0.429. The number of nitrogens with two attached hydrogens (primary N) is 1. The molecule has 1 saturated heterocycles. The van der Waals surface area contributed by atoms with E-state index in [0.717, 1.165) is 24.2 Å². The van der Waals surface area contributed by atoms with Crippen molar-refractivity contribution in [2.75, 3.05) is 25.9 Å². The minimum Gasteiger partial charge on any atom is -0.469 e. The second-order valence-corrected chi connectivity index (χ2v) is 4.83. The molecule has 0 spiro atoms. The molecular formula is C14H18N2O3. The van der Waals surface area contributed by atoms with Crippen LogP contribution in [0, 0.1) is 0 Å². The normalized spacial score (nSPS) is 14.9. The molecule has 2 rings (SSSR count). The molecule has 5 nitrogen and oxygen atoms in total. The number of ether oxygens (including phenoxy) is 1. The molecule has 0 unspecified atom stereocenters. The van der Waals surface area contributed by atoms with Gasteiger partial charge in [-0.25, -0.2) is 0 Å². The van der Waals surface area contributed by atoms with E-state index < -0.39 is 0 Å². The van der Waals surface area contributed by atoms with E-state index in [0.29, 0.717) is 11.6 Å². The summed E-state index contributed by atoms with van der Waals surface area (Å²) in [5.74, 6) is 0.149. The number of nitrogen functional groups attached to an aromatic ring is 1. The number of nitrogens with zero attached hydrogens (tertiary/aromatic N) is 1. The van der Waals surface area contributed by atoms with Gasteiger partial charge >= 0.3 is 5.97 Å². The highest BCUT2D eigenvalue weighted by atomic mass is 16.5. The van der Waals surface area contributed by atoms with Crippen LogP contribution in [-0.4, -0.2) is 37.0 Å². The Morgan fingerprint density at radius 1 is 1.42 bits per heavy atom. The van der Waals surface area contributed by atoms with Crippen LogP contribution in [0.3, 0.4) is 0 Å². The monoisotopic (exact) mass is 262 g/mol. The van der Waals surface area contributed by atoms with Gasteiger partial charge in [0.25, 0.3) is 0 Å². The molecular weight excluding hydrogens is 244 g/mol. The van der Waals surface area contributed by atoms with Gasteiger partial charge in [0, 0.05) is 31.6 Å². The lowest BCUT2D eigenvalue weighted by atomic mass is 9.90. The number of carbonyl (C=O) groups excluding carboxylic acids is 2. The highest BCUT2D eigenvalue weighted by Gasteiger charge is 2.29. The van der Waals surface area contributed by atoms with Crippen molar-refractivity contribution in [1.82, 2.24) is 4.90 Å². The maximum absolute atomic E-state index is 11.2. The van der Waals surface area contributed by atoms with Crippen molar-refractivity contribution in [1.29, 1.82) is 0 Å². The van der Waals surface area contributed by atoms with E-state index in [1.165, 1.54) is 7.11 Å². The van der Waals surface area contributed by atoms with Crippen molar-refractivity contribution >= 4 is 17.6 Å². The number of rotatable bonds is 3. The van der Waals surface area contributed by atoms with Crippen molar-refractivity contribution in [2.24, 2.45) is 0 Å². The molecule has 1 aliphatic heterocycles. The van der Waals surface area contributed by atoms with Gasteiger partial charge in [-0.1, -0.05) is 12.1 Å². The third-order valence-corrected chi connectivity index (χ3v) is 3.53. The average molecular weight is 262 g/mol. The summed E-state index contributed by atoms with van der Waals surface area (Å²) < 4.78 is 4.62. The third kappa shape index (κ3) is 2.86. The summed E-state index contributed by atoms with van der Waals surface area (Å²) in [5.41, 5.74) is 8.44. The zero-order chi connectivity index (χ0) is 14.0. The van der Waals surface area contributed by atoms with Crippen LogP contribution < -0.4 is 5.73 Å². The van der Waals surface area contributed by atoms with Crippen LogP contribution in [0.2, 0.25) is 0 Å². The summed E-state index contributed by atoms with van der Waals surface area (Å²) in [6.07, 6.45) is 0.187. The minimum atomic E-state index is -0.300. The van der Waals surface area contributed by atoms with E-state index >= 15 is 0 Å². The van der Waals surface area contributed by atoms with E-state index in [1.807, 2.05) is 18.2 Å². The van der Waals surface area contributed by atoms with Gasteiger partial charge in [0.2, 0.25) is 5.91 Å². The van der Waals surface area contributed by atoms with Crippen molar-refractivity contribution < 1.29 is 14.3 Å². The van der Waals surface area contributed by atoms with Gasteiger partial charge < -0.3 is 15.4 Å². The Morgan fingerprint density at radius 3 is 2.63 bits per heavy atom. The standard InChI is InChI=1S/C14H18N2O3/c1-9(17)16-7-12(8-16)10-3-4-11(13(15)5-10)6-14(18)19-2/h3-5,12H,6-8,15H2,1-2H3. The Balaban J connectivity index is 2.04. The molecule has 0 saturated carbocycles. The Bertz CT molecular complexity index is 507. The molecule has 1 amide bonds. The molecule has 0 bridgehead atoms. The van der Waals surface area contributed by atoms with Gasteiger partial charge in [-0.3, -0.25) is 9.59 Å². The number of benzene rings is 1. The summed E-state index contributed by atoms with van der Waals surface area (Å²) in [4.78, 5) is 24.1. The predicted molar refractivity (Wildman–Crippen MR) is 71.6 cm³/mol. The van der Waals surface area contributed by atoms with E-state index in [-0.39, 0.29) is 18.3 Å². The number of likely N-dealkylation sites (tertiary alicyclic amines) is 1. The second-order valence-electron chi connectivity index (χ2n) is 4.83. The van der Waals surface area contributed by atoms with E-state index in [1.54, 1.807) is 11.8 Å². The SMILES string of the molecule is COC(=O)Cc1ccc(C2CN(C(C)=O)C2)cc1N. The average Bonchev–Trinajstić information content (AvgIpc) is 2.30. The number of methoxy groups -OCH3 is 1. The summed E-state index contributed by atoms with van der Waals surface area (Å²) in [6, 6.07) is 5.72. The van der Waals surface area contributed by atoms with Crippen molar-refractivity contribution in [3.63, 3.8) is 0 Å². The smallest absolute Gasteiger partial charge is 0.310 e. The number of amides is 1. The van der Waals surface area contributed by atoms with Crippen LogP contribution in [0.4, 0.5) is 5.69 Å². The Hall–Kier alpha value is -2.04. The minimum absolute atomic E-state index is 0.103. The molecule has 2 N–H and O–H groups in total. The lowest BCUT2D eigenvalue weighted by Crippen LogP contribution is -2.47. The maximum atomic E-state index is 11.2. The van der Waals surface area contributed by atoms with Gasteiger partial charge in [0.15, 0.2) is 0 Å². The van der Waals surface area contributed by atoms with Crippen LogP contribution in [0.15, 0.2) is 18.2 Å². The summed E-state index contributed by atoms with van der Waals surface area (Å²) in [6.45, 7) is 3.06. The van der Waals surface area contributed by atoms with Crippen molar-refractivity contribution in [2.45, 2.75) is 19.3 Å². The molecule has 102 valence electrons. The third-order valence-electron chi connectivity index (χ3n) is 3.53. The van der Waals surface area contributed by atoms with Gasteiger partial charge in [-0.15, -0.1) is 0 Å². The molecule has 0 atom stereocenters.